The normalized spacial score (nSPS) is 10.3. The van der Waals surface area contributed by atoms with E-state index >= 15 is 0 Å². The van der Waals surface area contributed by atoms with Crippen LogP contribution in [0, 0.1) is 6.92 Å². The summed E-state index contributed by atoms with van der Waals surface area (Å²) in [5, 5.41) is 0.645. The highest BCUT2D eigenvalue weighted by Crippen LogP contribution is 2.17. The number of halogens is 1. The third-order valence-electron chi connectivity index (χ3n) is 3.69. The smallest absolute Gasteiger partial charge is 0.305 e. The SMILES string of the molecule is Cc1ccc(C(=O)NNC(=O)c2ccc(COc3ccc(Cl)cc3)cc2)o1. The number of hydrogen-bond donors (Lipinski definition) is 2. The van der Waals surface area contributed by atoms with Gasteiger partial charge in [-0.2, -0.15) is 0 Å². The van der Waals surface area contributed by atoms with Crippen LogP contribution in [0.15, 0.2) is 65.1 Å². The summed E-state index contributed by atoms with van der Waals surface area (Å²) in [4.78, 5) is 24.0. The van der Waals surface area contributed by atoms with Gasteiger partial charge in [-0.25, -0.2) is 0 Å². The zero-order valence-electron chi connectivity index (χ0n) is 14.5. The van der Waals surface area contributed by atoms with Crippen LogP contribution in [0.2, 0.25) is 5.02 Å². The molecule has 0 fully saturated rings. The number of hydrogen-bond acceptors (Lipinski definition) is 4. The second-order valence-electron chi connectivity index (χ2n) is 5.76. The highest BCUT2D eigenvalue weighted by molar-refractivity contribution is 6.30. The van der Waals surface area contributed by atoms with Crippen LogP contribution < -0.4 is 15.6 Å². The van der Waals surface area contributed by atoms with Crippen LogP contribution in [-0.2, 0) is 6.61 Å². The van der Waals surface area contributed by atoms with Crippen molar-refractivity contribution in [2.45, 2.75) is 13.5 Å². The van der Waals surface area contributed by atoms with Crippen molar-refractivity contribution in [3.05, 3.63) is 88.3 Å². The Kier molecular flexibility index (Phi) is 5.78. The van der Waals surface area contributed by atoms with Gasteiger partial charge in [0.1, 0.15) is 18.1 Å². The van der Waals surface area contributed by atoms with E-state index in [0.29, 0.717) is 28.7 Å². The number of carbonyl (C=O) groups excluding carboxylic acids is 2. The molecule has 0 unspecified atom stereocenters. The Hall–Kier alpha value is -3.25. The minimum atomic E-state index is -0.524. The fourth-order valence-electron chi connectivity index (χ4n) is 2.25. The molecule has 0 bridgehead atoms. The number of nitrogens with one attached hydrogen (secondary N) is 2. The lowest BCUT2D eigenvalue weighted by Gasteiger charge is -2.08. The quantitative estimate of drug-likeness (QED) is 0.654. The van der Waals surface area contributed by atoms with Gasteiger partial charge in [-0.05, 0) is 61.0 Å². The first-order valence-corrected chi connectivity index (χ1v) is 8.53. The fourth-order valence-corrected chi connectivity index (χ4v) is 2.38. The summed E-state index contributed by atoms with van der Waals surface area (Å²) >= 11 is 5.83. The fraction of sp³-hybridized carbons (Fsp3) is 0.100. The standard InChI is InChI=1S/C20H17ClN2O4/c1-13-2-11-18(27-13)20(25)23-22-19(24)15-5-3-14(4-6-15)12-26-17-9-7-16(21)8-10-17/h2-11H,12H2,1H3,(H,22,24)(H,23,25). The molecule has 0 aliphatic heterocycles. The minimum Gasteiger partial charge on any atom is -0.489 e. The lowest BCUT2D eigenvalue weighted by Crippen LogP contribution is -2.41. The summed E-state index contributed by atoms with van der Waals surface area (Å²) in [6.45, 7) is 2.09. The third-order valence-corrected chi connectivity index (χ3v) is 3.94. The average molecular weight is 385 g/mol. The summed E-state index contributed by atoms with van der Waals surface area (Å²) in [6, 6.07) is 17.1. The Labute approximate surface area is 161 Å². The van der Waals surface area contributed by atoms with E-state index in [-0.39, 0.29) is 5.76 Å². The molecule has 1 heterocycles. The van der Waals surface area contributed by atoms with Crippen LogP contribution >= 0.6 is 11.6 Å². The summed E-state index contributed by atoms with van der Waals surface area (Å²) in [5.74, 6) is 0.490. The molecule has 1 aromatic heterocycles. The van der Waals surface area contributed by atoms with Gasteiger partial charge in [0, 0.05) is 10.6 Å². The predicted octanol–water partition coefficient (Wildman–Crippen LogP) is 3.90. The first-order chi connectivity index (χ1) is 13.0. The molecule has 0 aliphatic carbocycles. The maximum Gasteiger partial charge on any atom is 0.305 e. The molecule has 27 heavy (non-hydrogen) atoms. The van der Waals surface area contributed by atoms with Gasteiger partial charge >= 0.3 is 5.91 Å². The van der Waals surface area contributed by atoms with Gasteiger partial charge < -0.3 is 9.15 Å². The van der Waals surface area contributed by atoms with Crippen LogP contribution in [0.3, 0.4) is 0 Å². The number of rotatable bonds is 5. The summed E-state index contributed by atoms with van der Waals surface area (Å²) in [5.41, 5.74) is 5.96. The van der Waals surface area contributed by atoms with E-state index in [4.69, 9.17) is 20.8 Å². The first-order valence-electron chi connectivity index (χ1n) is 8.16. The van der Waals surface area contributed by atoms with Gasteiger partial charge in [0.25, 0.3) is 5.91 Å². The van der Waals surface area contributed by atoms with Gasteiger partial charge in [0.2, 0.25) is 0 Å². The van der Waals surface area contributed by atoms with Crippen LogP contribution in [-0.4, -0.2) is 11.8 Å². The Morgan fingerprint density at radius 2 is 1.59 bits per heavy atom. The van der Waals surface area contributed by atoms with Crippen LogP contribution in [0.5, 0.6) is 5.75 Å². The molecule has 2 amide bonds. The maximum absolute atomic E-state index is 12.1. The largest absolute Gasteiger partial charge is 0.489 e. The molecule has 3 aromatic rings. The van der Waals surface area contributed by atoms with E-state index in [0.717, 1.165) is 5.56 Å². The molecular weight excluding hydrogens is 368 g/mol. The van der Waals surface area contributed by atoms with Crippen molar-refractivity contribution in [3.8, 4) is 5.75 Å². The van der Waals surface area contributed by atoms with Crippen molar-refractivity contribution in [2.75, 3.05) is 0 Å². The maximum atomic E-state index is 12.1. The monoisotopic (exact) mass is 384 g/mol. The molecule has 7 heteroatoms. The number of aryl methyl sites for hydroxylation is 1. The molecular formula is C20H17ClN2O4. The molecule has 0 saturated heterocycles. The van der Waals surface area contributed by atoms with Gasteiger partial charge in [-0.1, -0.05) is 23.7 Å². The number of carbonyl (C=O) groups is 2. The second kappa shape index (κ2) is 8.42. The summed E-state index contributed by atoms with van der Waals surface area (Å²) in [7, 11) is 0. The summed E-state index contributed by atoms with van der Waals surface area (Å²) < 4.78 is 10.8. The number of amides is 2. The summed E-state index contributed by atoms with van der Waals surface area (Å²) in [6.07, 6.45) is 0. The van der Waals surface area contributed by atoms with E-state index in [9.17, 15) is 9.59 Å². The Morgan fingerprint density at radius 1 is 0.926 bits per heavy atom. The third kappa shape index (κ3) is 5.12. The zero-order chi connectivity index (χ0) is 19.2. The molecule has 2 N–H and O–H groups in total. The lowest BCUT2D eigenvalue weighted by molar-refractivity contribution is 0.0830. The molecule has 138 valence electrons. The van der Waals surface area contributed by atoms with Gasteiger partial charge in [-0.15, -0.1) is 0 Å². The molecule has 0 atom stereocenters. The number of hydrazine groups is 1. The van der Waals surface area contributed by atoms with Crippen molar-refractivity contribution in [1.29, 1.82) is 0 Å². The molecule has 2 aromatic carbocycles. The molecule has 0 radical (unpaired) electrons. The Bertz CT molecular complexity index is 933. The average Bonchev–Trinajstić information content (AvgIpc) is 3.12. The predicted molar refractivity (Wildman–Crippen MR) is 101 cm³/mol. The van der Waals surface area contributed by atoms with E-state index in [1.807, 2.05) is 0 Å². The zero-order valence-corrected chi connectivity index (χ0v) is 15.2. The number of benzene rings is 2. The van der Waals surface area contributed by atoms with Crippen LogP contribution in [0.1, 0.15) is 32.2 Å². The van der Waals surface area contributed by atoms with E-state index < -0.39 is 11.8 Å². The van der Waals surface area contributed by atoms with Crippen molar-refractivity contribution in [1.82, 2.24) is 10.9 Å². The minimum absolute atomic E-state index is 0.127. The number of furan rings is 1. The lowest BCUT2D eigenvalue weighted by atomic mass is 10.1. The molecule has 6 nitrogen and oxygen atoms in total. The van der Waals surface area contributed by atoms with Crippen LogP contribution in [0.25, 0.3) is 0 Å². The van der Waals surface area contributed by atoms with Crippen molar-refractivity contribution < 1.29 is 18.7 Å². The Balaban J connectivity index is 1.50. The number of ether oxygens (including phenoxy) is 1. The molecule has 0 spiro atoms. The second-order valence-corrected chi connectivity index (χ2v) is 6.19. The van der Waals surface area contributed by atoms with Gasteiger partial charge in [0.05, 0.1) is 0 Å². The van der Waals surface area contributed by atoms with Gasteiger partial charge in [0.15, 0.2) is 5.76 Å². The Morgan fingerprint density at radius 3 is 2.22 bits per heavy atom. The van der Waals surface area contributed by atoms with Crippen LogP contribution in [0.4, 0.5) is 0 Å². The van der Waals surface area contributed by atoms with Crippen molar-refractivity contribution in [3.63, 3.8) is 0 Å². The van der Waals surface area contributed by atoms with Crippen molar-refractivity contribution in [2.24, 2.45) is 0 Å². The van der Waals surface area contributed by atoms with Gasteiger partial charge in [-0.3, -0.25) is 20.4 Å². The van der Waals surface area contributed by atoms with E-state index in [2.05, 4.69) is 10.9 Å². The van der Waals surface area contributed by atoms with Crippen molar-refractivity contribution >= 4 is 23.4 Å². The first kappa shape index (κ1) is 18.5. The molecule has 0 aliphatic rings. The highest BCUT2D eigenvalue weighted by Gasteiger charge is 2.12. The molecule has 0 saturated carbocycles. The molecule has 3 rings (SSSR count). The van der Waals surface area contributed by atoms with E-state index in [1.165, 1.54) is 6.07 Å². The highest BCUT2D eigenvalue weighted by atomic mass is 35.5. The van der Waals surface area contributed by atoms with E-state index in [1.54, 1.807) is 61.5 Å². The topological polar surface area (TPSA) is 80.6 Å².